The Bertz CT molecular complexity index is 923. The lowest BCUT2D eigenvalue weighted by atomic mass is 10.1. The molecule has 0 aromatic carbocycles. The third kappa shape index (κ3) is 3.12. The van der Waals surface area contributed by atoms with Crippen molar-refractivity contribution in [2.75, 3.05) is 6.54 Å². The average Bonchev–Trinajstić information content (AvgIpc) is 3.33. The molecule has 1 amide bonds. The summed E-state index contributed by atoms with van der Waals surface area (Å²) in [5.74, 6) is 0.474. The minimum absolute atomic E-state index is 0.0925. The number of pyridine rings is 1. The maximum absolute atomic E-state index is 12.3. The predicted octanol–water partition coefficient (Wildman–Crippen LogP) is 2.29. The molecule has 0 spiro atoms. The highest BCUT2D eigenvalue weighted by molar-refractivity contribution is 5.94. The molecule has 1 saturated carbocycles. The first-order chi connectivity index (χ1) is 12.6. The van der Waals surface area contributed by atoms with E-state index in [-0.39, 0.29) is 5.91 Å². The quantitative estimate of drug-likeness (QED) is 0.740. The van der Waals surface area contributed by atoms with Gasteiger partial charge in [0, 0.05) is 48.9 Å². The van der Waals surface area contributed by atoms with Gasteiger partial charge in [0.25, 0.3) is 5.91 Å². The van der Waals surface area contributed by atoms with E-state index in [9.17, 15) is 4.79 Å². The molecule has 1 aliphatic carbocycles. The lowest BCUT2D eigenvalue weighted by Gasteiger charge is -2.10. The van der Waals surface area contributed by atoms with Crippen LogP contribution in [0.15, 0.2) is 36.9 Å². The topological polar surface area (TPSA) is 77.6 Å². The van der Waals surface area contributed by atoms with E-state index in [0.717, 1.165) is 11.3 Å². The van der Waals surface area contributed by atoms with E-state index in [1.54, 1.807) is 23.3 Å². The van der Waals surface area contributed by atoms with E-state index in [2.05, 4.69) is 20.5 Å². The maximum atomic E-state index is 12.3. The summed E-state index contributed by atoms with van der Waals surface area (Å²) in [6, 6.07) is 4.03. The molecule has 1 N–H and O–H groups in total. The fraction of sp³-hybridized carbons (Fsp3) is 0.368. The van der Waals surface area contributed by atoms with Crippen molar-refractivity contribution in [2.45, 2.75) is 32.2 Å². The monoisotopic (exact) mass is 350 g/mol. The first-order valence-corrected chi connectivity index (χ1v) is 8.88. The van der Waals surface area contributed by atoms with Crippen LogP contribution in [-0.2, 0) is 13.6 Å². The van der Waals surface area contributed by atoms with Crippen molar-refractivity contribution in [1.29, 1.82) is 0 Å². The zero-order chi connectivity index (χ0) is 18.1. The number of rotatable bonds is 6. The third-order valence-electron chi connectivity index (χ3n) is 4.92. The van der Waals surface area contributed by atoms with Gasteiger partial charge in [-0.3, -0.25) is 19.1 Å². The Hall–Kier alpha value is -2.96. The van der Waals surface area contributed by atoms with E-state index < -0.39 is 0 Å². The van der Waals surface area contributed by atoms with Gasteiger partial charge < -0.3 is 5.32 Å². The summed E-state index contributed by atoms with van der Waals surface area (Å²) >= 11 is 0. The van der Waals surface area contributed by atoms with Crippen molar-refractivity contribution < 1.29 is 4.79 Å². The van der Waals surface area contributed by atoms with Crippen LogP contribution in [0.2, 0.25) is 0 Å². The van der Waals surface area contributed by atoms with Crippen molar-refractivity contribution in [3.8, 4) is 11.1 Å². The largest absolute Gasteiger partial charge is 0.350 e. The third-order valence-corrected chi connectivity index (χ3v) is 4.92. The van der Waals surface area contributed by atoms with E-state index in [4.69, 9.17) is 0 Å². The smallest absolute Gasteiger partial charge is 0.254 e. The van der Waals surface area contributed by atoms with Crippen LogP contribution in [0.1, 0.15) is 40.5 Å². The fourth-order valence-corrected chi connectivity index (χ4v) is 3.21. The second-order valence-corrected chi connectivity index (χ2v) is 6.70. The van der Waals surface area contributed by atoms with Crippen LogP contribution in [0.25, 0.3) is 11.1 Å². The normalized spacial score (nSPS) is 13.8. The van der Waals surface area contributed by atoms with Gasteiger partial charge in [-0.15, -0.1) is 0 Å². The minimum Gasteiger partial charge on any atom is -0.350 e. The van der Waals surface area contributed by atoms with Gasteiger partial charge in [-0.25, -0.2) is 0 Å². The lowest BCUT2D eigenvalue weighted by Crippen LogP contribution is -2.28. The summed E-state index contributed by atoms with van der Waals surface area (Å²) in [6.45, 7) is 3.08. The van der Waals surface area contributed by atoms with Gasteiger partial charge >= 0.3 is 0 Å². The second-order valence-electron chi connectivity index (χ2n) is 6.70. The molecular weight excluding hydrogens is 328 g/mol. The molecule has 3 aromatic rings. The summed E-state index contributed by atoms with van der Waals surface area (Å²) in [5.41, 5.74) is 5.06. The molecule has 0 saturated heterocycles. The predicted molar refractivity (Wildman–Crippen MR) is 97.7 cm³/mol. The number of amides is 1. The molecule has 1 aliphatic rings. The molecule has 3 heterocycles. The summed E-state index contributed by atoms with van der Waals surface area (Å²) in [5, 5.41) is 11.7. The summed E-state index contributed by atoms with van der Waals surface area (Å²) in [4.78, 5) is 16.4. The molecule has 0 bridgehead atoms. The Morgan fingerprint density at radius 2 is 2.00 bits per heavy atom. The van der Waals surface area contributed by atoms with Gasteiger partial charge in [0.05, 0.1) is 24.5 Å². The summed E-state index contributed by atoms with van der Waals surface area (Å²) < 4.78 is 3.73. The van der Waals surface area contributed by atoms with Crippen LogP contribution in [0, 0.1) is 6.92 Å². The van der Waals surface area contributed by atoms with Gasteiger partial charge in [0.1, 0.15) is 0 Å². The number of carbonyl (C=O) groups is 1. The Kier molecular flexibility index (Phi) is 4.28. The summed E-state index contributed by atoms with van der Waals surface area (Å²) in [6.07, 6.45) is 9.54. The molecule has 0 radical (unpaired) electrons. The highest BCUT2D eigenvalue weighted by atomic mass is 16.1. The van der Waals surface area contributed by atoms with Crippen LogP contribution in [0.3, 0.4) is 0 Å². The van der Waals surface area contributed by atoms with Crippen molar-refractivity contribution in [3.05, 3.63) is 53.9 Å². The number of hydrogen-bond acceptors (Lipinski definition) is 4. The first kappa shape index (κ1) is 16.5. The van der Waals surface area contributed by atoms with Crippen molar-refractivity contribution >= 4 is 5.91 Å². The van der Waals surface area contributed by atoms with E-state index in [0.29, 0.717) is 24.6 Å². The Morgan fingerprint density at radius 1 is 1.23 bits per heavy atom. The number of carbonyl (C=O) groups excluding carboxylic acids is 1. The average molecular weight is 350 g/mol. The molecule has 0 aliphatic heterocycles. The Morgan fingerprint density at radius 3 is 2.65 bits per heavy atom. The standard InChI is InChI=1S/C19H22N6O/c1-13-16(11-22-24(13)2)19(26)21-9-10-25-18(15-3-4-15)17(12-23-25)14-5-7-20-8-6-14/h5-8,11-12,15H,3-4,9-10H2,1-2H3,(H,21,26). The van der Waals surface area contributed by atoms with Gasteiger partial charge in [0.2, 0.25) is 0 Å². The lowest BCUT2D eigenvalue weighted by molar-refractivity contribution is 0.0951. The van der Waals surface area contributed by atoms with Crippen molar-refractivity contribution in [1.82, 2.24) is 29.9 Å². The van der Waals surface area contributed by atoms with Gasteiger partial charge in [0.15, 0.2) is 0 Å². The molecule has 0 atom stereocenters. The van der Waals surface area contributed by atoms with Crippen LogP contribution in [0.5, 0.6) is 0 Å². The van der Waals surface area contributed by atoms with Gasteiger partial charge in [-0.1, -0.05) is 0 Å². The Labute approximate surface area is 152 Å². The molecule has 26 heavy (non-hydrogen) atoms. The highest BCUT2D eigenvalue weighted by Gasteiger charge is 2.30. The fourth-order valence-electron chi connectivity index (χ4n) is 3.21. The molecule has 0 unspecified atom stereocenters. The number of aromatic nitrogens is 5. The van der Waals surface area contributed by atoms with E-state index in [1.807, 2.05) is 37.0 Å². The van der Waals surface area contributed by atoms with E-state index >= 15 is 0 Å². The number of nitrogens with zero attached hydrogens (tertiary/aromatic N) is 5. The molecular formula is C19H22N6O. The number of aryl methyl sites for hydroxylation is 1. The molecule has 7 heteroatoms. The SMILES string of the molecule is Cc1c(C(=O)NCCn2ncc(-c3ccncc3)c2C2CC2)cnn1C. The van der Waals surface area contributed by atoms with E-state index in [1.165, 1.54) is 24.1 Å². The van der Waals surface area contributed by atoms with Crippen LogP contribution in [0.4, 0.5) is 0 Å². The first-order valence-electron chi connectivity index (χ1n) is 8.88. The molecule has 3 aromatic heterocycles. The van der Waals surface area contributed by atoms with Crippen LogP contribution < -0.4 is 5.32 Å². The number of nitrogens with one attached hydrogen (secondary N) is 1. The second kappa shape index (κ2) is 6.74. The van der Waals surface area contributed by atoms with Crippen LogP contribution >= 0.6 is 0 Å². The zero-order valence-corrected chi connectivity index (χ0v) is 15.0. The van der Waals surface area contributed by atoms with Gasteiger partial charge in [-0.2, -0.15) is 10.2 Å². The summed E-state index contributed by atoms with van der Waals surface area (Å²) in [7, 11) is 1.83. The highest BCUT2D eigenvalue weighted by Crippen LogP contribution is 2.44. The maximum Gasteiger partial charge on any atom is 0.254 e. The zero-order valence-electron chi connectivity index (χ0n) is 15.0. The molecule has 1 fully saturated rings. The molecule has 7 nitrogen and oxygen atoms in total. The van der Waals surface area contributed by atoms with Gasteiger partial charge in [-0.05, 0) is 37.5 Å². The van der Waals surface area contributed by atoms with Crippen molar-refractivity contribution in [2.24, 2.45) is 7.05 Å². The minimum atomic E-state index is -0.0925. The number of hydrogen-bond donors (Lipinski definition) is 1. The molecule has 4 rings (SSSR count). The molecule has 134 valence electrons. The van der Waals surface area contributed by atoms with Crippen LogP contribution in [-0.4, -0.2) is 37.0 Å². The Balaban J connectivity index is 1.46. The van der Waals surface area contributed by atoms with Crippen molar-refractivity contribution in [3.63, 3.8) is 0 Å².